The molecule has 0 aliphatic heterocycles. The molecule has 0 spiro atoms. The van der Waals surface area contributed by atoms with Gasteiger partial charge in [-0.15, -0.1) is 0 Å². The number of hydrogen-bond acceptors (Lipinski definition) is 2. The summed E-state index contributed by atoms with van der Waals surface area (Å²) in [4.78, 5) is 0. The Bertz CT molecular complexity index is 466. The molecular formula is C20H34O2. The first kappa shape index (κ1) is 16.5. The third kappa shape index (κ3) is 2.38. The Morgan fingerprint density at radius 2 is 1.86 bits per heavy atom. The van der Waals surface area contributed by atoms with E-state index in [4.69, 9.17) is 0 Å². The molecule has 5 unspecified atom stereocenters. The van der Waals surface area contributed by atoms with Crippen LogP contribution < -0.4 is 0 Å². The highest BCUT2D eigenvalue weighted by Gasteiger charge is 2.54. The second-order valence-corrected chi connectivity index (χ2v) is 9.49. The molecule has 2 saturated carbocycles. The predicted octanol–water partition coefficient (Wildman–Crippen LogP) is 4.31. The summed E-state index contributed by atoms with van der Waals surface area (Å²) in [5.41, 5.74) is 2.41. The lowest BCUT2D eigenvalue weighted by molar-refractivity contribution is -0.0781. The lowest BCUT2D eigenvalue weighted by atomic mass is 9.46. The topological polar surface area (TPSA) is 40.5 Å². The fraction of sp³-hybridized carbons (Fsp3) is 0.900. The molecule has 5 atom stereocenters. The molecule has 0 radical (unpaired) electrons. The number of hydrogen-bond donors (Lipinski definition) is 2. The van der Waals surface area contributed by atoms with Gasteiger partial charge in [0.05, 0.1) is 12.7 Å². The van der Waals surface area contributed by atoms with Crippen molar-refractivity contribution in [1.29, 1.82) is 0 Å². The van der Waals surface area contributed by atoms with Gasteiger partial charge in [0.1, 0.15) is 0 Å². The number of aliphatic hydroxyl groups excluding tert-OH is 2. The molecule has 0 aromatic carbocycles. The molecule has 0 saturated heterocycles. The summed E-state index contributed by atoms with van der Waals surface area (Å²) in [5, 5.41) is 19.7. The zero-order valence-corrected chi connectivity index (χ0v) is 14.9. The fourth-order valence-corrected chi connectivity index (χ4v) is 5.85. The lowest BCUT2D eigenvalue weighted by Crippen LogP contribution is -2.51. The van der Waals surface area contributed by atoms with E-state index in [1.165, 1.54) is 32.1 Å². The first-order valence-corrected chi connectivity index (χ1v) is 9.22. The molecule has 2 nitrogen and oxygen atoms in total. The summed E-state index contributed by atoms with van der Waals surface area (Å²) >= 11 is 0. The first-order chi connectivity index (χ1) is 10.2. The van der Waals surface area contributed by atoms with Gasteiger partial charge in [0.15, 0.2) is 0 Å². The van der Waals surface area contributed by atoms with Crippen LogP contribution in [0, 0.1) is 28.1 Å². The molecule has 2 heteroatoms. The molecule has 0 aromatic heterocycles. The van der Waals surface area contributed by atoms with Crippen molar-refractivity contribution in [2.75, 3.05) is 6.61 Å². The highest BCUT2D eigenvalue weighted by Crippen LogP contribution is 2.63. The van der Waals surface area contributed by atoms with Crippen molar-refractivity contribution >= 4 is 0 Å². The van der Waals surface area contributed by atoms with Crippen LogP contribution in [0.25, 0.3) is 0 Å². The summed E-state index contributed by atoms with van der Waals surface area (Å²) in [6.07, 6.45) is 10.4. The number of aliphatic hydroxyl groups is 2. The Morgan fingerprint density at radius 3 is 2.55 bits per heavy atom. The van der Waals surface area contributed by atoms with Crippen molar-refractivity contribution in [2.45, 2.75) is 78.7 Å². The third-order valence-electron chi connectivity index (χ3n) is 7.74. The van der Waals surface area contributed by atoms with Gasteiger partial charge in [-0.05, 0) is 73.0 Å². The number of allylic oxidation sites excluding steroid dienone is 2. The van der Waals surface area contributed by atoms with Crippen molar-refractivity contribution < 1.29 is 10.2 Å². The Hall–Kier alpha value is -0.340. The van der Waals surface area contributed by atoms with E-state index in [-0.39, 0.29) is 12.0 Å². The zero-order valence-electron chi connectivity index (χ0n) is 14.9. The number of rotatable bonds is 2. The van der Waals surface area contributed by atoms with Crippen LogP contribution in [0.2, 0.25) is 0 Å². The van der Waals surface area contributed by atoms with Crippen LogP contribution in [-0.2, 0) is 0 Å². The minimum absolute atomic E-state index is 0.0989. The van der Waals surface area contributed by atoms with Crippen LogP contribution in [0.3, 0.4) is 0 Å². The van der Waals surface area contributed by atoms with E-state index in [1.54, 1.807) is 5.57 Å². The van der Waals surface area contributed by atoms with Crippen molar-refractivity contribution in [1.82, 2.24) is 0 Å². The second kappa shape index (κ2) is 5.34. The summed E-state index contributed by atoms with van der Waals surface area (Å²) in [7, 11) is 0. The molecular weight excluding hydrogens is 272 g/mol. The van der Waals surface area contributed by atoms with Gasteiger partial charge in [-0.2, -0.15) is 0 Å². The quantitative estimate of drug-likeness (QED) is 0.746. The van der Waals surface area contributed by atoms with Crippen LogP contribution in [0.1, 0.15) is 72.6 Å². The molecule has 2 fully saturated rings. The molecule has 3 aliphatic rings. The SMILES string of the molecule is CC1(C)CCC=C2C1CCC1CC(C)(C(O)CO)CCC21C. The minimum atomic E-state index is -0.563. The molecule has 0 aromatic rings. The van der Waals surface area contributed by atoms with Crippen LogP contribution >= 0.6 is 0 Å². The third-order valence-corrected chi connectivity index (χ3v) is 7.74. The molecule has 22 heavy (non-hydrogen) atoms. The van der Waals surface area contributed by atoms with Gasteiger partial charge in [-0.1, -0.05) is 39.3 Å². The molecule has 0 amide bonds. The molecule has 2 N–H and O–H groups in total. The fourth-order valence-electron chi connectivity index (χ4n) is 5.85. The lowest BCUT2D eigenvalue weighted by Gasteiger charge is -2.59. The highest BCUT2D eigenvalue weighted by molar-refractivity contribution is 5.27. The Labute approximate surface area is 136 Å². The van der Waals surface area contributed by atoms with E-state index < -0.39 is 6.10 Å². The maximum Gasteiger partial charge on any atom is 0.0824 e. The summed E-state index contributed by atoms with van der Waals surface area (Å²) in [5.74, 6) is 1.43. The Balaban J connectivity index is 1.88. The number of fused-ring (bicyclic) bond motifs is 3. The van der Waals surface area contributed by atoms with E-state index in [0.29, 0.717) is 16.7 Å². The van der Waals surface area contributed by atoms with E-state index in [9.17, 15) is 10.2 Å². The predicted molar refractivity (Wildman–Crippen MR) is 90.5 cm³/mol. The normalized spacial score (nSPS) is 45.5. The van der Waals surface area contributed by atoms with E-state index in [1.807, 2.05) is 0 Å². The van der Waals surface area contributed by atoms with Crippen molar-refractivity contribution in [3.63, 3.8) is 0 Å². The van der Waals surface area contributed by atoms with Gasteiger partial charge < -0.3 is 10.2 Å². The van der Waals surface area contributed by atoms with Crippen LogP contribution in [0.15, 0.2) is 11.6 Å². The average Bonchev–Trinajstić information content (AvgIpc) is 2.47. The van der Waals surface area contributed by atoms with Gasteiger partial charge in [0, 0.05) is 0 Å². The second-order valence-electron chi connectivity index (χ2n) is 9.49. The maximum atomic E-state index is 10.3. The van der Waals surface area contributed by atoms with E-state index >= 15 is 0 Å². The van der Waals surface area contributed by atoms with Gasteiger partial charge >= 0.3 is 0 Å². The first-order valence-electron chi connectivity index (χ1n) is 9.22. The van der Waals surface area contributed by atoms with E-state index in [0.717, 1.165) is 18.8 Å². The highest BCUT2D eigenvalue weighted by atomic mass is 16.3. The molecule has 3 aliphatic carbocycles. The van der Waals surface area contributed by atoms with Crippen molar-refractivity contribution in [3.05, 3.63) is 11.6 Å². The maximum absolute atomic E-state index is 10.3. The minimum Gasteiger partial charge on any atom is -0.394 e. The van der Waals surface area contributed by atoms with Gasteiger partial charge in [-0.25, -0.2) is 0 Å². The van der Waals surface area contributed by atoms with Crippen molar-refractivity contribution in [3.8, 4) is 0 Å². The monoisotopic (exact) mass is 306 g/mol. The Kier molecular flexibility index (Phi) is 4.01. The van der Waals surface area contributed by atoms with Crippen LogP contribution in [-0.4, -0.2) is 22.9 Å². The molecule has 0 bridgehead atoms. The molecule has 126 valence electrons. The largest absolute Gasteiger partial charge is 0.394 e. The van der Waals surface area contributed by atoms with Crippen molar-refractivity contribution in [2.24, 2.45) is 28.1 Å². The molecule has 3 rings (SSSR count). The summed E-state index contributed by atoms with van der Waals surface area (Å²) < 4.78 is 0. The van der Waals surface area contributed by atoms with Gasteiger partial charge in [0.25, 0.3) is 0 Å². The van der Waals surface area contributed by atoms with E-state index in [2.05, 4.69) is 33.8 Å². The average molecular weight is 306 g/mol. The smallest absolute Gasteiger partial charge is 0.0824 e. The summed E-state index contributed by atoms with van der Waals surface area (Å²) in [6, 6.07) is 0. The Morgan fingerprint density at radius 1 is 1.14 bits per heavy atom. The van der Waals surface area contributed by atoms with Gasteiger partial charge in [0.2, 0.25) is 0 Å². The standard InChI is InChI=1S/C20H34O2/c1-18(2)9-5-6-16-15(18)8-7-14-12-19(3,17(22)13-21)10-11-20(14,16)4/h6,14-15,17,21-22H,5,7-13H2,1-4H3. The van der Waals surface area contributed by atoms with Crippen LogP contribution in [0.4, 0.5) is 0 Å². The van der Waals surface area contributed by atoms with Crippen LogP contribution in [0.5, 0.6) is 0 Å². The van der Waals surface area contributed by atoms with Gasteiger partial charge in [-0.3, -0.25) is 0 Å². The molecule has 0 heterocycles. The zero-order chi connectivity index (χ0) is 16.2. The summed E-state index contributed by atoms with van der Waals surface area (Å²) in [6.45, 7) is 9.48.